The average Bonchev–Trinajstić information content (AvgIpc) is 2.74. The molecule has 1 aromatic heterocycles. The zero-order valence-electron chi connectivity index (χ0n) is 10.1. The highest BCUT2D eigenvalue weighted by Gasteiger charge is 2.25. The summed E-state index contributed by atoms with van der Waals surface area (Å²) in [6.45, 7) is 1.63. The van der Waals surface area contributed by atoms with Gasteiger partial charge in [-0.2, -0.15) is 0 Å². The summed E-state index contributed by atoms with van der Waals surface area (Å²) in [5, 5.41) is 0. The molecule has 7 nitrogen and oxygen atoms in total. The van der Waals surface area contributed by atoms with E-state index in [9.17, 15) is 8.42 Å². The van der Waals surface area contributed by atoms with Crippen molar-refractivity contribution in [1.82, 2.24) is 14.6 Å². The number of likely N-dealkylation sites (N-methyl/N-ethyl adjacent to an activating group) is 1. The van der Waals surface area contributed by atoms with Crippen LogP contribution in [0, 0.1) is 0 Å². The van der Waals surface area contributed by atoms with Crippen LogP contribution in [0.1, 0.15) is 6.42 Å². The van der Waals surface area contributed by atoms with E-state index >= 15 is 0 Å². The number of hydrogen-bond donors (Lipinski definition) is 3. The third-order valence-corrected chi connectivity index (χ3v) is 4.42. The summed E-state index contributed by atoms with van der Waals surface area (Å²) in [6, 6.07) is 2.81. The quantitative estimate of drug-likeness (QED) is 0.497. The second kappa shape index (κ2) is 5.19. The number of anilines is 1. The molecule has 1 aromatic rings. The minimum absolute atomic E-state index is 0.0394. The van der Waals surface area contributed by atoms with E-state index in [-0.39, 0.29) is 10.9 Å². The second-order valence-electron chi connectivity index (χ2n) is 4.39. The zero-order valence-corrected chi connectivity index (χ0v) is 10.9. The molecule has 1 unspecified atom stereocenters. The van der Waals surface area contributed by atoms with Crippen LogP contribution in [0.2, 0.25) is 0 Å². The van der Waals surface area contributed by atoms with E-state index in [1.807, 2.05) is 7.05 Å². The van der Waals surface area contributed by atoms with E-state index < -0.39 is 10.0 Å². The minimum atomic E-state index is -3.51. The summed E-state index contributed by atoms with van der Waals surface area (Å²) >= 11 is 0. The molecule has 0 aromatic carbocycles. The van der Waals surface area contributed by atoms with E-state index in [0.717, 1.165) is 19.5 Å². The Morgan fingerprint density at radius 2 is 2.33 bits per heavy atom. The molecule has 0 amide bonds. The molecule has 18 heavy (non-hydrogen) atoms. The number of nitrogen functional groups attached to an aromatic ring is 1. The Balaban J connectivity index is 2.14. The van der Waals surface area contributed by atoms with E-state index in [4.69, 9.17) is 5.84 Å². The van der Waals surface area contributed by atoms with Crippen molar-refractivity contribution in [2.45, 2.75) is 17.4 Å². The topological polar surface area (TPSA) is 100 Å². The first kappa shape index (κ1) is 13.2. The lowest BCUT2D eigenvalue weighted by atomic mass is 10.3. The van der Waals surface area contributed by atoms with E-state index in [1.165, 1.54) is 18.3 Å². The largest absolute Gasteiger partial charge is 0.308 e. The van der Waals surface area contributed by atoms with Crippen LogP contribution in [0.25, 0.3) is 0 Å². The monoisotopic (exact) mass is 271 g/mol. The Hall–Kier alpha value is -1.22. The van der Waals surface area contributed by atoms with Crippen molar-refractivity contribution >= 4 is 15.8 Å². The number of nitrogens with two attached hydrogens (primary N) is 1. The lowest BCUT2D eigenvalue weighted by Crippen LogP contribution is -2.36. The molecule has 0 radical (unpaired) electrons. The van der Waals surface area contributed by atoms with Crippen LogP contribution in [0.15, 0.2) is 23.2 Å². The number of pyridine rings is 1. The minimum Gasteiger partial charge on any atom is -0.308 e. The van der Waals surface area contributed by atoms with Gasteiger partial charge in [-0.05, 0) is 26.1 Å². The smallest absolute Gasteiger partial charge is 0.241 e. The predicted octanol–water partition coefficient (Wildman–Crippen LogP) is -0.650. The average molecular weight is 271 g/mol. The molecule has 1 aliphatic rings. The summed E-state index contributed by atoms with van der Waals surface area (Å²) < 4.78 is 27.0. The number of rotatable bonds is 4. The van der Waals surface area contributed by atoms with Crippen LogP contribution in [-0.4, -0.2) is 44.5 Å². The van der Waals surface area contributed by atoms with E-state index in [2.05, 4.69) is 20.0 Å². The fourth-order valence-electron chi connectivity index (χ4n) is 1.98. The molecule has 1 atom stereocenters. The highest BCUT2D eigenvalue weighted by molar-refractivity contribution is 7.89. The Morgan fingerprint density at radius 1 is 1.56 bits per heavy atom. The molecule has 0 bridgehead atoms. The molecule has 100 valence electrons. The Bertz CT molecular complexity index is 519. The van der Waals surface area contributed by atoms with Crippen LogP contribution < -0.4 is 16.0 Å². The number of hydrogen-bond acceptors (Lipinski definition) is 6. The number of nitrogens with zero attached hydrogens (tertiary/aromatic N) is 2. The molecule has 0 aliphatic carbocycles. The number of sulfonamides is 1. The van der Waals surface area contributed by atoms with Crippen molar-refractivity contribution < 1.29 is 8.42 Å². The van der Waals surface area contributed by atoms with Crippen LogP contribution in [-0.2, 0) is 10.0 Å². The molecule has 1 aliphatic heterocycles. The summed E-state index contributed by atoms with van der Waals surface area (Å²) in [5.41, 5.74) is 2.33. The summed E-state index contributed by atoms with van der Waals surface area (Å²) in [7, 11) is -1.54. The van der Waals surface area contributed by atoms with Gasteiger partial charge >= 0.3 is 0 Å². The lowest BCUT2D eigenvalue weighted by Gasteiger charge is -2.13. The van der Waals surface area contributed by atoms with Gasteiger partial charge in [-0.25, -0.2) is 24.0 Å². The van der Waals surface area contributed by atoms with Crippen molar-refractivity contribution in [1.29, 1.82) is 0 Å². The van der Waals surface area contributed by atoms with Gasteiger partial charge in [0, 0.05) is 24.8 Å². The van der Waals surface area contributed by atoms with Crippen LogP contribution >= 0.6 is 0 Å². The molecule has 0 saturated carbocycles. The van der Waals surface area contributed by atoms with Crippen molar-refractivity contribution in [3.63, 3.8) is 0 Å². The zero-order chi connectivity index (χ0) is 13.2. The van der Waals surface area contributed by atoms with Gasteiger partial charge in [-0.3, -0.25) is 0 Å². The third kappa shape index (κ3) is 2.96. The summed E-state index contributed by atoms with van der Waals surface area (Å²) in [5.74, 6) is 5.53. The van der Waals surface area contributed by atoms with E-state index in [0.29, 0.717) is 5.82 Å². The highest BCUT2D eigenvalue weighted by atomic mass is 32.2. The number of nitrogens with one attached hydrogen (secondary N) is 2. The summed E-state index contributed by atoms with van der Waals surface area (Å²) in [6.07, 6.45) is 2.23. The third-order valence-electron chi connectivity index (χ3n) is 2.90. The van der Waals surface area contributed by atoms with Gasteiger partial charge in [0.15, 0.2) is 0 Å². The lowest BCUT2D eigenvalue weighted by molar-refractivity contribution is 0.407. The first-order chi connectivity index (χ1) is 8.51. The molecule has 1 fully saturated rings. The standard InChI is InChI=1S/C10H17N5O2S/c1-15-5-3-8(7-15)14-18(16,17)9-2-4-12-10(6-9)13-11/h2,4,6,8,14H,3,5,7,11H2,1H3,(H,12,13). The van der Waals surface area contributed by atoms with Crippen molar-refractivity contribution in [2.75, 3.05) is 25.6 Å². The summed E-state index contributed by atoms with van der Waals surface area (Å²) in [4.78, 5) is 6.14. The van der Waals surface area contributed by atoms with Crippen molar-refractivity contribution in [2.24, 2.45) is 5.84 Å². The number of likely N-dealkylation sites (tertiary alicyclic amines) is 1. The molecule has 0 spiro atoms. The molecule has 2 heterocycles. The van der Waals surface area contributed by atoms with Crippen LogP contribution in [0.5, 0.6) is 0 Å². The van der Waals surface area contributed by atoms with E-state index in [1.54, 1.807) is 0 Å². The van der Waals surface area contributed by atoms with Crippen molar-refractivity contribution in [3.8, 4) is 0 Å². The van der Waals surface area contributed by atoms with Gasteiger partial charge in [0.1, 0.15) is 5.82 Å². The fourth-order valence-corrected chi connectivity index (χ4v) is 3.25. The van der Waals surface area contributed by atoms with Gasteiger partial charge in [-0.15, -0.1) is 0 Å². The van der Waals surface area contributed by atoms with Crippen molar-refractivity contribution in [3.05, 3.63) is 18.3 Å². The van der Waals surface area contributed by atoms with Crippen LogP contribution in [0.3, 0.4) is 0 Å². The fraction of sp³-hybridized carbons (Fsp3) is 0.500. The first-order valence-corrected chi connectivity index (χ1v) is 7.13. The Kier molecular flexibility index (Phi) is 3.81. The van der Waals surface area contributed by atoms with Gasteiger partial charge in [0.2, 0.25) is 10.0 Å². The van der Waals surface area contributed by atoms with Gasteiger partial charge < -0.3 is 10.3 Å². The maximum atomic E-state index is 12.1. The molecule has 2 rings (SSSR count). The molecular formula is C10H17N5O2S. The van der Waals surface area contributed by atoms with Gasteiger partial charge in [-0.1, -0.05) is 0 Å². The predicted molar refractivity (Wildman–Crippen MR) is 68.3 cm³/mol. The molecule has 8 heteroatoms. The molecule has 1 saturated heterocycles. The number of hydrazine groups is 1. The maximum absolute atomic E-state index is 12.1. The molecular weight excluding hydrogens is 254 g/mol. The molecule has 4 N–H and O–H groups in total. The first-order valence-electron chi connectivity index (χ1n) is 5.65. The number of aromatic nitrogens is 1. The Morgan fingerprint density at radius 3 is 2.94 bits per heavy atom. The SMILES string of the molecule is CN1CCC(NS(=O)(=O)c2ccnc(NN)c2)C1. The second-order valence-corrected chi connectivity index (χ2v) is 6.10. The van der Waals surface area contributed by atoms with Gasteiger partial charge in [0.05, 0.1) is 4.90 Å². The van der Waals surface area contributed by atoms with Gasteiger partial charge in [0.25, 0.3) is 0 Å². The van der Waals surface area contributed by atoms with Crippen LogP contribution in [0.4, 0.5) is 5.82 Å². The Labute approximate surface area is 106 Å². The highest BCUT2D eigenvalue weighted by Crippen LogP contribution is 2.15. The maximum Gasteiger partial charge on any atom is 0.241 e. The normalized spacial score (nSPS) is 21.1.